The standard InChI is InChI=1S/C22H20Cl2N2O2/c1-15-11-12-18(23)21(20(15)24)26-19-10-6-5-9-17(19)22(27)25-13-14-28-16-7-3-2-4-8-16/h2-12,26H,13-14H2,1H3,(H,25,27). The first kappa shape index (κ1) is 20.1. The van der Waals surface area contributed by atoms with Crippen molar-refractivity contribution in [3.63, 3.8) is 0 Å². The highest BCUT2D eigenvalue weighted by atomic mass is 35.5. The maximum Gasteiger partial charge on any atom is 0.253 e. The Bertz CT molecular complexity index is 962. The zero-order valence-electron chi connectivity index (χ0n) is 15.3. The first-order valence-electron chi connectivity index (χ1n) is 8.83. The summed E-state index contributed by atoms with van der Waals surface area (Å²) in [5, 5.41) is 7.07. The van der Waals surface area contributed by atoms with E-state index in [0.29, 0.717) is 40.1 Å². The fourth-order valence-corrected chi connectivity index (χ4v) is 3.11. The lowest BCUT2D eigenvalue weighted by molar-refractivity contribution is 0.0948. The Kier molecular flexibility index (Phi) is 6.80. The van der Waals surface area contributed by atoms with Crippen LogP contribution in [0.1, 0.15) is 15.9 Å². The number of aryl methyl sites for hydroxylation is 1. The van der Waals surface area contributed by atoms with Gasteiger partial charge >= 0.3 is 0 Å². The molecule has 3 rings (SSSR count). The van der Waals surface area contributed by atoms with Crippen LogP contribution in [0.4, 0.5) is 11.4 Å². The lowest BCUT2D eigenvalue weighted by Gasteiger charge is -2.15. The van der Waals surface area contributed by atoms with E-state index < -0.39 is 0 Å². The summed E-state index contributed by atoms with van der Waals surface area (Å²) in [6, 6.07) is 20.3. The number of anilines is 2. The van der Waals surface area contributed by atoms with Gasteiger partial charge in [-0.05, 0) is 42.8 Å². The van der Waals surface area contributed by atoms with Crippen LogP contribution in [0.5, 0.6) is 5.75 Å². The molecule has 0 unspecified atom stereocenters. The Morgan fingerprint density at radius 2 is 1.68 bits per heavy atom. The fourth-order valence-electron chi connectivity index (χ4n) is 2.64. The molecule has 144 valence electrons. The fraction of sp³-hybridized carbons (Fsp3) is 0.136. The molecule has 4 nitrogen and oxygen atoms in total. The first-order valence-corrected chi connectivity index (χ1v) is 9.58. The second kappa shape index (κ2) is 9.49. The van der Waals surface area contributed by atoms with Crippen LogP contribution in [-0.4, -0.2) is 19.1 Å². The average Bonchev–Trinajstić information content (AvgIpc) is 2.72. The molecule has 0 fully saturated rings. The highest BCUT2D eigenvalue weighted by molar-refractivity contribution is 6.39. The number of halogens is 2. The molecule has 0 bridgehead atoms. The van der Waals surface area contributed by atoms with Gasteiger partial charge in [-0.25, -0.2) is 0 Å². The molecule has 28 heavy (non-hydrogen) atoms. The smallest absolute Gasteiger partial charge is 0.253 e. The quantitative estimate of drug-likeness (QED) is 0.476. The number of hydrogen-bond donors (Lipinski definition) is 2. The highest BCUT2D eigenvalue weighted by Crippen LogP contribution is 2.35. The molecule has 0 atom stereocenters. The van der Waals surface area contributed by atoms with Crippen LogP contribution in [0.3, 0.4) is 0 Å². The lowest BCUT2D eigenvalue weighted by Crippen LogP contribution is -2.28. The Labute approximate surface area is 174 Å². The molecule has 1 amide bonds. The Morgan fingerprint density at radius 1 is 0.964 bits per heavy atom. The summed E-state index contributed by atoms with van der Waals surface area (Å²) in [6.45, 7) is 2.66. The minimum atomic E-state index is -0.209. The molecule has 0 spiro atoms. The monoisotopic (exact) mass is 414 g/mol. The van der Waals surface area contributed by atoms with Crippen LogP contribution >= 0.6 is 23.2 Å². The van der Waals surface area contributed by atoms with E-state index in [0.717, 1.165) is 11.3 Å². The largest absolute Gasteiger partial charge is 0.492 e. The number of carbonyl (C=O) groups is 1. The molecule has 0 aromatic heterocycles. The lowest BCUT2D eigenvalue weighted by atomic mass is 10.1. The highest BCUT2D eigenvalue weighted by Gasteiger charge is 2.14. The Hall–Kier alpha value is -2.69. The van der Waals surface area contributed by atoms with Crippen molar-refractivity contribution in [3.05, 3.63) is 87.9 Å². The number of rotatable bonds is 7. The number of nitrogens with one attached hydrogen (secondary N) is 2. The number of amides is 1. The van der Waals surface area contributed by atoms with Gasteiger partial charge in [-0.3, -0.25) is 4.79 Å². The molecule has 3 aromatic rings. The van der Waals surface area contributed by atoms with Crippen molar-refractivity contribution in [3.8, 4) is 5.75 Å². The van der Waals surface area contributed by atoms with Crippen molar-refractivity contribution in [1.29, 1.82) is 0 Å². The zero-order valence-corrected chi connectivity index (χ0v) is 16.8. The van der Waals surface area contributed by atoms with Crippen molar-refractivity contribution >= 4 is 40.5 Å². The third-order valence-corrected chi connectivity index (χ3v) is 4.92. The Balaban J connectivity index is 1.66. The summed E-state index contributed by atoms with van der Waals surface area (Å²) in [7, 11) is 0. The molecule has 0 aliphatic rings. The summed E-state index contributed by atoms with van der Waals surface area (Å²) >= 11 is 12.7. The van der Waals surface area contributed by atoms with E-state index in [2.05, 4.69) is 10.6 Å². The van der Waals surface area contributed by atoms with Crippen LogP contribution in [0, 0.1) is 6.92 Å². The third kappa shape index (κ3) is 4.97. The molecule has 0 aliphatic carbocycles. The molecule has 6 heteroatoms. The van der Waals surface area contributed by atoms with Crippen molar-refractivity contribution < 1.29 is 9.53 Å². The molecule has 0 heterocycles. The summed E-state index contributed by atoms with van der Waals surface area (Å²) in [5.41, 5.74) is 2.60. The SMILES string of the molecule is Cc1ccc(Cl)c(Nc2ccccc2C(=O)NCCOc2ccccc2)c1Cl. The van der Waals surface area contributed by atoms with Gasteiger partial charge < -0.3 is 15.4 Å². The summed E-state index contributed by atoms with van der Waals surface area (Å²) < 4.78 is 5.60. The first-order chi connectivity index (χ1) is 13.6. The van der Waals surface area contributed by atoms with E-state index in [1.54, 1.807) is 18.2 Å². The number of hydrogen-bond acceptors (Lipinski definition) is 3. The maximum atomic E-state index is 12.6. The average molecular weight is 415 g/mol. The van der Waals surface area contributed by atoms with Gasteiger partial charge in [-0.1, -0.05) is 59.6 Å². The predicted octanol–water partition coefficient (Wildman–Crippen LogP) is 5.85. The van der Waals surface area contributed by atoms with Crippen LogP contribution in [0.25, 0.3) is 0 Å². The van der Waals surface area contributed by atoms with Crippen molar-refractivity contribution in [2.24, 2.45) is 0 Å². The minimum absolute atomic E-state index is 0.209. The molecule has 0 saturated carbocycles. The number of benzene rings is 3. The zero-order chi connectivity index (χ0) is 19.9. The number of carbonyl (C=O) groups excluding carboxylic acids is 1. The van der Waals surface area contributed by atoms with E-state index in [9.17, 15) is 4.79 Å². The van der Waals surface area contributed by atoms with Crippen LogP contribution in [0.2, 0.25) is 10.0 Å². The summed E-state index contributed by atoms with van der Waals surface area (Å²) in [6.07, 6.45) is 0. The predicted molar refractivity (Wildman–Crippen MR) is 115 cm³/mol. The van der Waals surface area contributed by atoms with Gasteiger partial charge in [0, 0.05) is 0 Å². The van der Waals surface area contributed by atoms with Gasteiger partial charge in [0.15, 0.2) is 0 Å². The van der Waals surface area contributed by atoms with Crippen molar-refractivity contribution in [1.82, 2.24) is 5.32 Å². The molecular formula is C22H20Cl2N2O2. The third-order valence-electron chi connectivity index (χ3n) is 4.12. The number of ether oxygens (including phenoxy) is 1. The Morgan fingerprint density at radius 3 is 2.46 bits per heavy atom. The topological polar surface area (TPSA) is 50.4 Å². The van der Waals surface area contributed by atoms with E-state index in [1.807, 2.05) is 55.5 Å². The van der Waals surface area contributed by atoms with Gasteiger partial charge in [-0.15, -0.1) is 0 Å². The van der Waals surface area contributed by atoms with Crippen LogP contribution in [-0.2, 0) is 0 Å². The van der Waals surface area contributed by atoms with E-state index in [-0.39, 0.29) is 5.91 Å². The number of para-hydroxylation sites is 2. The summed E-state index contributed by atoms with van der Waals surface area (Å²) in [5.74, 6) is 0.558. The van der Waals surface area contributed by atoms with Gasteiger partial charge in [0.1, 0.15) is 12.4 Å². The van der Waals surface area contributed by atoms with Crippen molar-refractivity contribution in [2.45, 2.75) is 6.92 Å². The molecular weight excluding hydrogens is 395 g/mol. The van der Waals surface area contributed by atoms with Gasteiger partial charge in [0.25, 0.3) is 5.91 Å². The maximum absolute atomic E-state index is 12.6. The van der Waals surface area contributed by atoms with Crippen LogP contribution < -0.4 is 15.4 Å². The summed E-state index contributed by atoms with van der Waals surface area (Å²) in [4.78, 5) is 12.6. The minimum Gasteiger partial charge on any atom is -0.492 e. The molecule has 2 N–H and O–H groups in total. The van der Waals surface area contributed by atoms with E-state index in [4.69, 9.17) is 27.9 Å². The van der Waals surface area contributed by atoms with Gasteiger partial charge in [0.2, 0.25) is 0 Å². The van der Waals surface area contributed by atoms with Crippen LogP contribution in [0.15, 0.2) is 66.7 Å². The van der Waals surface area contributed by atoms with Crippen molar-refractivity contribution in [2.75, 3.05) is 18.5 Å². The second-order valence-corrected chi connectivity index (χ2v) is 6.93. The van der Waals surface area contributed by atoms with Gasteiger partial charge in [-0.2, -0.15) is 0 Å². The molecule has 0 radical (unpaired) electrons. The van der Waals surface area contributed by atoms with E-state index >= 15 is 0 Å². The van der Waals surface area contributed by atoms with E-state index in [1.165, 1.54) is 0 Å². The molecule has 0 saturated heterocycles. The molecule has 0 aliphatic heterocycles. The normalized spacial score (nSPS) is 10.4. The van der Waals surface area contributed by atoms with Gasteiger partial charge in [0.05, 0.1) is 33.5 Å². The molecule has 3 aromatic carbocycles. The second-order valence-electron chi connectivity index (χ2n) is 6.14.